The summed E-state index contributed by atoms with van der Waals surface area (Å²) < 4.78 is 26.6. The van der Waals surface area contributed by atoms with Gasteiger partial charge in [0.25, 0.3) is 0 Å². The largest absolute Gasteiger partial charge is 0.369 e. The molecule has 1 aliphatic heterocycles. The van der Waals surface area contributed by atoms with Crippen LogP contribution in [0, 0.1) is 11.6 Å². The normalized spacial score (nSPS) is 15.4. The molecule has 1 N–H and O–H groups in total. The van der Waals surface area contributed by atoms with Crippen molar-refractivity contribution >= 4 is 17.3 Å². The fourth-order valence-electron chi connectivity index (χ4n) is 1.82. The summed E-state index contributed by atoms with van der Waals surface area (Å²) in [6.45, 7) is 2.95. The Morgan fingerprint density at radius 3 is 2.88 bits per heavy atom. The fourth-order valence-corrected chi connectivity index (χ4v) is 1.82. The second-order valence-corrected chi connectivity index (χ2v) is 3.66. The first-order valence-electron chi connectivity index (χ1n) is 5.15. The molecule has 1 heterocycles. The SMILES string of the molecule is CCN1CCC(=O)Nc2c(F)cc(F)cc21. The number of anilines is 2. The summed E-state index contributed by atoms with van der Waals surface area (Å²) in [5.74, 6) is -1.61. The highest BCUT2D eigenvalue weighted by atomic mass is 19.1. The van der Waals surface area contributed by atoms with Gasteiger partial charge in [0.1, 0.15) is 11.5 Å². The maximum Gasteiger partial charge on any atom is 0.226 e. The Morgan fingerprint density at radius 2 is 2.19 bits per heavy atom. The van der Waals surface area contributed by atoms with Crippen molar-refractivity contribution in [2.45, 2.75) is 13.3 Å². The predicted octanol–water partition coefficient (Wildman–Crippen LogP) is 2.13. The molecule has 0 saturated carbocycles. The molecule has 0 bridgehead atoms. The lowest BCUT2D eigenvalue weighted by Gasteiger charge is -2.22. The predicted molar refractivity (Wildman–Crippen MR) is 57.5 cm³/mol. The van der Waals surface area contributed by atoms with E-state index >= 15 is 0 Å². The third kappa shape index (κ3) is 1.85. The molecule has 0 fully saturated rings. The zero-order chi connectivity index (χ0) is 11.7. The van der Waals surface area contributed by atoms with Gasteiger partial charge >= 0.3 is 0 Å². The maximum atomic E-state index is 13.5. The summed E-state index contributed by atoms with van der Waals surface area (Å²) in [7, 11) is 0. The lowest BCUT2D eigenvalue weighted by molar-refractivity contribution is -0.116. The number of fused-ring (bicyclic) bond motifs is 1. The number of rotatable bonds is 1. The number of nitrogens with zero attached hydrogens (tertiary/aromatic N) is 1. The van der Waals surface area contributed by atoms with Gasteiger partial charge < -0.3 is 10.2 Å². The van der Waals surface area contributed by atoms with Gasteiger partial charge in [-0.15, -0.1) is 0 Å². The first-order valence-corrected chi connectivity index (χ1v) is 5.15. The molecule has 1 aromatic carbocycles. The molecule has 1 aromatic rings. The average molecular weight is 226 g/mol. The fraction of sp³-hybridized carbons (Fsp3) is 0.364. The van der Waals surface area contributed by atoms with Crippen LogP contribution in [0.3, 0.4) is 0 Å². The highest BCUT2D eigenvalue weighted by molar-refractivity contribution is 5.96. The van der Waals surface area contributed by atoms with E-state index in [1.807, 2.05) is 6.92 Å². The highest BCUT2D eigenvalue weighted by Gasteiger charge is 2.21. The van der Waals surface area contributed by atoms with Crippen molar-refractivity contribution in [3.63, 3.8) is 0 Å². The molecule has 0 saturated heterocycles. The molecule has 0 atom stereocenters. The van der Waals surface area contributed by atoms with Crippen molar-refractivity contribution in [1.29, 1.82) is 0 Å². The summed E-state index contributed by atoms with van der Waals surface area (Å²) in [5.41, 5.74) is 0.483. The number of hydrogen-bond acceptors (Lipinski definition) is 2. The molecule has 3 nitrogen and oxygen atoms in total. The van der Waals surface area contributed by atoms with E-state index in [-0.39, 0.29) is 18.0 Å². The first kappa shape index (κ1) is 10.9. The van der Waals surface area contributed by atoms with Gasteiger partial charge in [-0.3, -0.25) is 4.79 Å². The molecule has 0 aromatic heterocycles. The Hall–Kier alpha value is -1.65. The van der Waals surface area contributed by atoms with Gasteiger partial charge in [0.15, 0.2) is 5.82 Å². The van der Waals surface area contributed by atoms with Gasteiger partial charge in [0.05, 0.1) is 5.69 Å². The van der Waals surface area contributed by atoms with Crippen molar-refractivity contribution in [3.05, 3.63) is 23.8 Å². The summed E-state index contributed by atoms with van der Waals surface area (Å²) in [5, 5.41) is 2.46. The lowest BCUT2D eigenvalue weighted by atomic mass is 10.2. The molecular formula is C11H12F2N2O. The van der Waals surface area contributed by atoms with Gasteiger partial charge in [-0.05, 0) is 13.0 Å². The topological polar surface area (TPSA) is 32.3 Å². The zero-order valence-electron chi connectivity index (χ0n) is 8.89. The molecule has 1 aliphatic rings. The van der Waals surface area contributed by atoms with Gasteiger partial charge in [-0.2, -0.15) is 0 Å². The van der Waals surface area contributed by atoms with Gasteiger partial charge in [-0.1, -0.05) is 0 Å². The lowest BCUT2D eigenvalue weighted by Crippen LogP contribution is -2.24. The minimum atomic E-state index is -0.733. The smallest absolute Gasteiger partial charge is 0.226 e. The van der Waals surface area contributed by atoms with Crippen molar-refractivity contribution in [2.75, 3.05) is 23.3 Å². The van der Waals surface area contributed by atoms with Crippen LogP contribution in [-0.4, -0.2) is 19.0 Å². The van der Waals surface area contributed by atoms with E-state index in [1.165, 1.54) is 6.07 Å². The Kier molecular flexibility index (Phi) is 2.77. The standard InChI is InChI=1S/C11H12F2N2O/c1-2-15-4-3-10(16)14-11-8(13)5-7(12)6-9(11)15/h5-6H,2-4H2,1H3,(H,14,16). The number of carbonyl (C=O) groups is 1. The third-order valence-electron chi connectivity index (χ3n) is 2.63. The number of halogens is 2. The monoisotopic (exact) mass is 226 g/mol. The number of hydrogen-bond donors (Lipinski definition) is 1. The Bertz CT molecular complexity index is 434. The van der Waals surface area contributed by atoms with Crippen molar-refractivity contribution in [1.82, 2.24) is 0 Å². The maximum absolute atomic E-state index is 13.5. The van der Waals surface area contributed by atoms with Crippen LogP contribution in [-0.2, 0) is 4.79 Å². The van der Waals surface area contributed by atoms with Gasteiger partial charge in [0, 0.05) is 25.6 Å². The van der Waals surface area contributed by atoms with Crippen LogP contribution in [0.5, 0.6) is 0 Å². The van der Waals surface area contributed by atoms with Crippen LogP contribution in [0.2, 0.25) is 0 Å². The Morgan fingerprint density at radius 1 is 1.44 bits per heavy atom. The number of carbonyl (C=O) groups excluding carboxylic acids is 1. The quantitative estimate of drug-likeness (QED) is 0.795. The summed E-state index contributed by atoms with van der Waals surface area (Å²) >= 11 is 0. The molecule has 16 heavy (non-hydrogen) atoms. The summed E-state index contributed by atoms with van der Waals surface area (Å²) in [4.78, 5) is 13.1. The zero-order valence-corrected chi connectivity index (χ0v) is 8.89. The van der Waals surface area contributed by atoms with E-state index in [2.05, 4.69) is 5.32 Å². The summed E-state index contributed by atoms with van der Waals surface area (Å²) in [6.07, 6.45) is 0.281. The Balaban J connectivity index is 2.55. The van der Waals surface area contributed by atoms with Crippen molar-refractivity contribution in [3.8, 4) is 0 Å². The van der Waals surface area contributed by atoms with E-state index < -0.39 is 11.6 Å². The molecule has 0 aliphatic carbocycles. The van der Waals surface area contributed by atoms with Crippen LogP contribution >= 0.6 is 0 Å². The second-order valence-electron chi connectivity index (χ2n) is 3.66. The minimum Gasteiger partial charge on any atom is -0.369 e. The summed E-state index contributed by atoms with van der Waals surface area (Å²) in [6, 6.07) is 2.02. The minimum absolute atomic E-state index is 0.0748. The highest BCUT2D eigenvalue weighted by Crippen LogP contribution is 2.32. The van der Waals surface area contributed by atoms with E-state index in [0.717, 1.165) is 6.07 Å². The number of benzene rings is 1. The van der Waals surface area contributed by atoms with Gasteiger partial charge in [0.2, 0.25) is 5.91 Å². The van der Waals surface area contributed by atoms with Crippen LogP contribution in [0.4, 0.5) is 20.2 Å². The molecule has 0 unspecified atom stereocenters. The van der Waals surface area contributed by atoms with Crippen molar-refractivity contribution in [2.24, 2.45) is 0 Å². The molecular weight excluding hydrogens is 214 g/mol. The van der Waals surface area contributed by atoms with E-state index in [0.29, 0.717) is 18.8 Å². The Labute approximate surface area is 92.1 Å². The number of amides is 1. The molecule has 0 spiro atoms. The van der Waals surface area contributed by atoms with Crippen molar-refractivity contribution < 1.29 is 13.6 Å². The molecule has 5 heteroatoms. The molecule has 86 valence electrons. The van der Waals surface area contributed by atoms with E-state index in [9.17, 15) is 13.6 Å². The molecule has 2 rings (SSSR count). The molecule has 0 radical (unpaired) electrons. The van der Waals surface area contributed by atoms with Gasteiger partial charge in [-0.25, -0.2) is 8.78 Å². The van der Waals surface area contributed by atoms with Crippen LogP contribution in [0.1, 0.15) is 13.3 Å². The van der Waals surface area contributed by atoms with Crippen LogP contribution in [0.15, 0.2) is 12.1 Å². The van der Waals surface area contributed by atoms with E-state index in [4.69, 9.17) is 0 Å². The number of nitrogens with one attached hydrogen (secondary N) is 1. The van der Waals surface area contributed by atoms with Crippen LogP contribution < -0.4 is 10.2 Å². The first-order chi connectivity index (χ1) is 7.61. The third-order valence-corrected chi connectivity index (χ3v) is 2.63. The van der Waals surface area contributed by atoms with Crippen LogP contribution in [0.25, 0.3) is 0 Å². The average Bonchev–Trinajstić information content (AvgIpc) is 2.38. The second kappa shape index (κ2) is 4.08. The van der Waals surface area contributed by atoms with E-state index in [1.54, 1.807) is 4.90 Å². The molecule has 1 amide bonds.